The molecular weight excluding hydrogens is 336 g/mol. The largest absolute Gasteiger partial charge is 0.493 e. The van der Waals surface area contributed by atoms with Crippen molar-refractivity contribution in [1.82, 2.24) is 5.32 Å². The van der Waals surface area contributed by atoms with Crippen LogP contribution in [0.4, 0.5) is 0 Å². The summed E-state index contributed by atoms with van der Waals surface area (Å²) < 4.78 is 22.0. The first-order valence-corrected chi connectivity index (χ1v) is 8.05. The highest BCUT2D eigenvalue weighted by Gasteiger charge is 2.21. The van der Waals surface area contributed by atoms with Crippen LogP contribution in [0.15, 0.2) is 42.5 Å². The van der Waals surface area contributed by atoms with Crippen molar-refractivity contribution in [2.75, 3.05) is 26.9 Å². The zero-order valence-corrected chi connectivity index (χ0v) is 14.2. The average molecular weight is 354 g/mol. The number of fused-ring (bicyclic) bond motifs is 1. The first-order valence-electron chi connectivity index (χ1n) is 8.05. The smallest absolute Gasteiger partial charge is 0.258 e. The Morgan fingerprint density at radius 2 is 2.08 bits per heavy atom. The highest BCUT2D eigenvalue weighted by atomic mass is 16.6. The van der Waals surface area contributed by atoms with Gasteiger partial charge in [-0.3, -0.25) is 4.79 Å². The van der Waals surface area contributed by atoms with Crippen LogP contribution in [-0.2, 0) is 4.79 Å². The Balaban J connectivity index is 1.47. The molecular formula is C19H18N2O5. The summed E-state index contributed by atoms with van der Waals surface area (Å²) in [5, 5.41) is 11.6. The summed E-state index contributed by atoms with van der Waals surface area (Å²) in [6, 6.07) is 14.2. The third-order valence-electron chi connectivity index (χ3n) is 3.75. The van der Waals surface area contributed by atoms with E-state index in [1.165, 1.54) is 7.11 Å². The van der Waals surface area contributed by atoms with Crippen molar-refractivity contribution in [3.8, 4) is 29.1 Å². The number of nitriles is 1. The van der Waals surface area contributed by atoms with Gasteiger partial charge in [-0.25, -0.2) is 0 Å². The summed E-state index contributed by atoms with van der Waals surface area (Å²) in [6.45, 7) is 0.495. The van der Waals surface area contributed by atoms with E-state index in [9.17, 15) is 4.79 Å². The van der Waals surface area contributed by atoms with Crippen molar-refractivity contribution < 1.29 is 23.7 Å². The van der Waals surface area contributed by atoms with Gasteiger partial charge in [-0.1, -0.05) is 12.1 Å². The molecule has 0 radical (unpaired) electrons. The summed E-state index contributed by atoms with van der Waals surface area (Å²) in [5.41, 5.74) is 0.452. The maximum atomic E-state index is 12.0. The molecule has 2 aromatic carbocycles. The van der Waals surface area contributed by atoms with E-state index in [1.54, 1.807) is 18.2 Å². The summed E-state index contributed by atoms with van der Waals surface area (Å²) in [6.07, 6.45) is -0.265. The molecule has 1 N–H and O–H groups in total. The minimum atomic E-state index is -0.293. The van der Waals surface area contributed by atoms with Gasteiger partial charge in [-0.05, 0) is 24.3 Å². The molecule has 7 nitrogen and oxygen atoms in total. The lowest BCUT2D eigenvalue weighted by molar-refractivity contribution is -0.123. The van der Waals surface area contributed by atoms with Crippen LogP contribution in [0.2, 0.25) is 0 Å². The van der Waals surface area contributed by atoms with Crippen molar-refractivity contribution in [1.29, 1.82) is 5.26 Å². The molecule has 134 valence electrons. The minimum Gasteiger partial charge on any atom is -0.493 e. The number of methoxy groups -OCH3 is 1. The lowest BCUT2D eigenvalue weighted by Gasteiger charge is -2.26. The van der Waals surface area contributed by atoms with Gasteiger partial charge in [-0.2, -0.15) is 5.26 Å². The number of rotatable bonds is 6. The highest BCUT2D eigenvalue weighted by molar-refractivity contribution is 5.77. The van der Waals surface area contributed by atoms with Crippen LogP contribution in [-0.4, -0.2) is 38.9 Å². The molecule has 0 spiro atoms. The average Bonchev–Trinajstić information content (AvgIpc) is 2.70. The molecule has 0 aromatic heterocycles. The molecule has 3 rings (SSSR count). The fourth-order valence-electron chi connectivity index (χ4n) is 2.44. The Morgan fingerprint density at radius 3 is 2.85 bits per heavy atom. The van der Waals surface area contributed by atoms with Crippen LogP contribution >= 0.6 is 0 Å². The number of amides is 1. The lowest BCUT2D eigenvalue weighted by atomic mass is 10.2. The third kappa shape index (κ3) is 4.16. The van der Waals surface area contributed by atoms with Gasteiger partial charge < -0.3 is 24.3 Å². The van der Waals surface area contributed by atoms with Crippen molar-refractivity contribution in [2.45, 2.75) is 6.10 Å². The van der Waals surface area contributed by atoms with Crippen LogP contribution in [0.3, 0.4) is 0 Å². The Kier molecular flexibility index (Phi) is 5.44. The molecule has 1 aliphatic rings. The second-order valence-corrected chi connectivity index (χ2v) is 5.57. The Labute approximate surface area is 151 Å². The Bertz CT molecular complexity index is 831. The molecule has 1 unspecified atom stereocenters. The summed E-state index contributed by atoms with van der Waals surface area (Å²) in [4.78, 5) is 12.0. The zero-order chi connectivity index (χ0) is 18.4. The number of ether oxygens (including phenoxy) is 4. The molecule has 0 saturated carbocycles. The number of nitrogens with one attached hydrogen (secondary N) is 1. The van der Waals surface area contributed by atoms with E-state index < -0.39 is 0 Å². The molecule has 0 bridgehead atoms. The van der Waals surface area contributed by atoms with E-state index in [2.05, 4.69) is 5.32 Å². The first kappa shape index (κ1) is 17.4. The summed E-state index contributed by atoms with van der Waals surface area (Å²) in [5.74, 6) is 1.87. The van der Waals surface area contributed by atoms with Gasteiger partial charge >= 0.3 is 0 Å². The van der Waals surface area contributed by atoms with Crippen LogP contribution in [0.1, 0.15) is 5.56 Å². The number of carbonyl (C=O) groups is 1. The molecule has 7 heteroatoms. The molecule has 0 saturated heterocycles. The molecule has 1 amide bonds. The lowest BCUT2D eigenvalue weighted by Crippen LogP contribution is -2.42. The SMILES string of the molecule is COc1cc(C#N)ccc1OCC(=O)NCC1COc2ccccc2O1. The van der Waals surface area contributed by atoms with Gasteiger partial charge in [0.15, 0.2) is 29.6 Å². The van der Waals surface area contributed by atoms with Gasteiger partial charge in [0.25, 0.3) is 5.91 Å². The molecule has 1 atom stereocenters. The zero-order valence-electron chi connectivity index (χ0n) is 14.2. The molecule has 26 heavy (non-hydrogen) atoms. The molecule has 1 heterocycles. The predicted molar refractivity (Wildman–Crippen MR) is 92.6 cm³/mol. The van der Waals surface area contributed by atoms with Gasteiger partial charge in [0.1, 0.15) is 12.7 Å². The van der Waals surface area contributed by atoms with Crippen molar-refractivity contribution in [3.05, 3.63) is 48.0 Å². The number of carbonyl (C=O) groups excluding carboxylic acids is 1. The monoisotopic (exact) mass is 354 g/mol. The fraction of sp³-hybridized carbons (Fsp3) is 0.263. The number of hydrogen-bond acceptors (Lipinski definition) is 6. The molecule has 0 fully saturated rings. The quantitative estimate of drug-likeness (QED) is 0.852. The molecule has 1 aliphatic heterocycles. The Hall–Kier alpha value is -3.40. The van der Waals surface area contributed by atoms with Crippen molar-refractivity contribution in [3.63, 3.8) is 0 Å². The van der Waals surface area contributed by atoms with Gasteiger partial charge in [0, 0.05) is 6.07 Å². The van der Waals surface area contributed by atoms with Crippen LogP contribution in [0.25, 0.3) is 0 Å². The van der Waals surface area contributed by atoms with E-state index in [0.29, 0.717) is 41.7 Å². The van der Waals surface area contributed by atoms with Crippen LogP contribution in [0, 0.1) is 11.3 Å². The number of nitrogens with zero attached hydrogens (tertiary/aromatic N) is 1. The summed E-state index contributed by atoms with van der Waals surface area (Å²) >= 11 is 0. The number of para-hydroxylation sites is 2. The Morgan fingerprint density at radius 1 is 1.27 bits per heavy atom. The third-order valence-corrected chi connectivity index (χ3v) is 3.75. The molecule has 2 aromatic rings. The van der Waals surface area contributed by atoms with Crippen molar-refractivity contribution in [2.24, 2.45) is 0 Å². The second-order valence-electron chi connectivity index (χ2n) is 5.57. The summed E-state index contributed by atoms with van der Waals surface area (Å²) in [7, 11) is 1.47. The van der Waals surface area contributed by atoms with E-state index >= 15 is 0 Å². The predicted octanol–water partition coefficient (Wildman–Crippen LogP) is 1.90. The van der Waals surface area contributed by atoms with Gasteiger partial charge in [0.05, 0.1) is 25.3 Å². The number of benzene rings is 2. The highest BCUT2D eigenvalue weighted by Crippen LogP contribution is 2.30. The normalized spacial score (nSPS) is 14.8. The van der Waals surface area contributed by atoms with Crippen LogP contribution in [0.5, 0.6) is 23.0 Å². The topological polar surface area (TPSA) is 89.8 Å². The number of hydrogen-bond donors (Lipinski definition) is 1. The van der Waals surface area contributed by atoms with E-state index in [0.717, 1.165) is 0 Å². The second kappa shape index (κ2) is 8.12. The van der Waals surface area contributed by atoms with E-state index in [-0.39, 0.29) is 18.6 Å². The maximum absolute atomic E-state index is 12.0. The standard InChI is InChI=1S/C19H18N2O5/c1-23-18-8-13(9-20)6-7-16(18)25-12-19(22)21-10-14-11-24-15-4-2-3-5-17(15)26-14/h2-8,14H,10-12H2,1H3,(H,21,22). The van der Waals surface area contributed by atoms with E-state index in [1.807, 2.05) is 30.3 Å². The van der Waals surface area contributed by atoms with E-state index in [4.69, 9.17) is 24.2 Å². The minimum absolute atomic E-state index is 0.174. The fourth-order valence-corrected chi connectivity index (χ4v) is 2.44. The van der Waals surface area contributed by atoms with Gasteiger partial charge in [-0.15, -0.1) is 0 Å². The first-order chi connectivity index (χ1) is 12.7. The van der Waals surface area contributed by atoms with Crippen LogP contribution < -0.4 is 24.3 Å². The van der Waals surface area contributed by atoms with Gasteiger partial charge in [0.2, 0.25) is 0 Å². The maximum Gasteiger partial charge on any atom is 0.258 e. The molecule has 0 aliphatic carbocycles. The van der Waals surface area contributed by atoms with Crippen molar-refractivity contribution >= 4 is 5.91 Å².